The Morgan fingerprint density at radius 2 is 1.47 bits per heavy atom. The van der Waals surface area contributed by atoms with Crippen LogP contribution in [0.5, 0.6) is 0 Å². The molecule has 0 nitrogen and oxygen atoms in total. The molecule has 0 radical (unpaired) electrons. The zero-order valence-corrected chi connectivity index (χ0v) is 9.88. The van der Waals surface area contributed by atoms with E-state index < -0.39 is 17.5 Å². The highest BCUT2D eigenvalue weighted by molar-refractivity contribution is 5.52. The predicted octanol–water partition coefficient (Wildman–Crippen LogP) is 4.15. The van der Waals surface area contributed by atoms with E-state index in [0.29, 0.717) is 11.1 Å². The first kappa shape index (κ1) is 13.0. The molecule has 2 aromatic carbocycles. The molecule has 0 aromatic heterocycles. The zero-order valence-electron chi connectivity index (χ0n) is 9.88. The minimum Gasteiger partial charge on any atom is -0.207 e. The Balaban J connectivity index is 2.39. The predicted molar refractivity (Wildman–Crippen MR) is 68.8 cm³/mol. The molecule has 0 aliphatic rings. The van der Waals surface area contributed by atoms with Gasteiger partial charge in [-0.2, -0.15) is 0 Å². The normalized spacial score (nSPS) is 9.63. The monoisotopic (exact) mass is 258 g/mol. The van der Waals surface area contributed by atoms with Gasteiger partial charge in [-0.15, -0.1) is 0 Å². The van der Waals surface area contributed by atoms with Crippen molar-refractivity contribution in [2.75, 3.05) is 0 Å². The summed E-state index contributed by atoms with van der Waals surface area (Å²) in [5.41, 5.74) is 0.519. The minimum atomic E-state index is -0.746. The number of rotatable bonds is 1. The van der Waals surface area contributed by atoms with Crippen LogP contribution in [0.4, 0.5) is 13.2 Å². The third-order valence-corrected chi connectivity index (χ3v) is 2.48. The average molecular weight is 258 g/mol. The van der Waals surface area contributed by atoms with Crippen LogP contribution in [0.15, 0.2) is 43.0 Å². The summed E-state index contributed by atoms with van der Waals surface area (Å²) in [5.74, 6) is 3.11. The van der Waals surface area contributed by atoms with Crippen molar-refractivity contribution in [2.45, 2.75) is 0 Å². The van der Waals surface area contributed by atoms with Crippen LogP contribution in [0.25, 0.3) is 6.08 Å². The van der Waals surface area contributed by atoms with Gasteiger partial charge in [0.2, 0.25) is 0 Å². The maximum absolute atomic E-state index is 13.6. The fourth-order valence-corrected chi connectivity index (χ4v) is 1.50. The third-order valence-electron chi connectivity index (χ3n) is 2.48. The van der Waals surface area contributed by atoms with Crippen molar-refractivity contribution >= 4 is 6.08 Å². The van der Waals surface area contributed by atoms with Crippen LogP contribution in [0.2, 0.25) is 0 Å². The van der Waals surface area contributed by atoms with Gasteiger partial charge in [-0.05, 0) is 42.0 Å². The number of hydrogen-bond donors (Lipinski definition) is 0. The smallest absolute Gasteiger partial charge is 0.142 e. The van der Waals surface area contributed by atoms with Crippen LogP contribution in [0.3, 0.4) is 0 Å². The summed E-state index contributed by atoms with van der Waals surface area (Å²) in [5, 5.41) is 0. The van der Waals surface area contributed by atoms with Gasteiger partial charge >= 0.3 is 0 Å². The van der Waals surface area contributed by atoms with Crippen molar-refractivity contribution in [3.05, 3.63) is 77.1 Å². The minimum absolute atomic E-state index is 0.310. The first-order chi connectivity index (χ1) is 9.10. The Hall–Kier alpha value is -2.47. The fraction of sp³-hybridized carbons (Fsp3) is 0. The van der Waals surface area contributed by atoms with Crippen molar-refractivity contribution < 1.29 is 13.2 Å². The van der Waals surface area contributed by atoms with Gasteiger partial charge in [0.25, 0.3) is 0 Å². The summed E-state index contributed by atoms with van der Waals surface area (Å²) in [4.78, 5) is 0. The molecule has 0 saturated carbocycles. The van der Waals surface area contributed by atoms with Crippen LogP contribution in [0.1, 0.15) is 16.7 Å². The summed E-state index contributed by atoms with van der Waals surface area (Å²) in [6, 6.07) is 7.66. The van der Waals surface area contributed by atoms with Gasteiger partial charge in [-0.1, -0.05) is 24.5 Å². The topological polar surface area (TPSA) is 0 Å². The van der Waals surface area contributed by atoms with Crippen LogP contribution in [0, 0.1) is 29.3 Å². The van der Waals surface area contributed by atoms with Crippen molar-refractivity contribution in [1.82, 2.24) is 0 Å². The van der Waals surface area contributed by atoms with E-state index in [-0.39, 0.29) is 5.56 Å². The Morgan fingerprint density at radius 1 is 0.895 bits per heavy atom. The van der Waals surface area contributed by atoms with Crippen LogP contribution in [-0.4, -0.2) is 0 Å². The molecule has 2 rings (SSSR count). The summed E-state index contributed by atoms with van der Waals surface area (Å²) in [6.45, 7) is 3.44. The Morgan fingerprint density at radius 3 is 2.00 bits per heavy atom. The Kier molecular flexibility index (Phi) is 3.72. The number of hydrogen-bond acceptors (Lipinski definition) is 0. The number of benzene rings is 2. The molecule has 94 valence electrons. The fourth-order valence-electron chi connectivity index (χ4n) is 1.50. The van der Waals surface area contributed by atoms with E-state index in [1.54, 1.807) is 0 Å². The molecule has 0 aliphatic heterocycles. The van der Waals surface area contributed by atoms with Gasteiger partial charge in [0.15, 0.2) is 0 Å². The lowest BCUT2D eigenvalue weighted by molar-refractivity contribution is 0.577. The van der Waals surface area contributed by atoms with E-state index in [1.165, 1.54) is 30.3 Å². The zero-order chi connectivity index (χ0) is 13.8. The lowest BCUT2D eigenvalue weighted by Crippen LogP contribution is -1.91. The summed E-state index contributed by atoms with van der Waals surface area (Å²) < 4.78 is 39.9. The first-order valence-corrected chi connectivity index (χ1v) is 5.49. The molecule has 2 aromatic rings. The van der Waals surface area contributed by atoms with Crippen molar-refractivity contribution in [3.63, 3.8) is 0 Å². The second-order valence-corrected chi connectivity index (χ2v) is 3.82. The van der Waals surface area contributed by atoms with E-state index in [2.05, 4.69) is 18.4 Å². The molecule has 0 N–H and O–H groups in total. The molecular weight excluding hydrogens is 249 g/mol. The second-order valence-electron chi connectivity index (χ2n) is 3.82. The Bertz CT molecular complexity index is 650. The third kappa shape index (κ3) is 3.05. The van der Waals surface area contributed by atoms with E-state index in [1.807, 2.05) is 0 Å². The maximum atomic E-state index is 13.6. The molecule has 0 saturated heterocycles. The Labute approximate surface area is 109 Å². The summed E-state index contributed by atoms with van der Waals surface area (Å²) in [6.07, 6.45) is 1.35. The standard InChI is InChI=1S/C16H9F3/c1-2-11-9-15(18)14(16(19)10-11)8-5-12-3-6-13(17)7-4-12/h2-4,6-7,9-10H,1H2. The molecular formula is C16H9F3. The summed E-state index contributed by atoms with van der Waals surface area (Å²) >= 11 is 0. The maximum Gasteiger partial charge on any atom is 0.142 e. The highest BCUT2D eigenvalue weighted by atomic mass is 19.1. The quantitative estimate of drug-likeness (QED) is 0.674. The molecule has 0 unspecified atom stereocenters. The molecule has 0 fully saturated rings. The van der Waals surface area contributed by atoms with E-state index in [9.17, 15) is 13.2 Å². The van der Waals surface area contributed by atoms with E-state index >= 15 is 0 Å². The summed E-state index contributed by atoms with van der Waals surface area (Å²) in [7, 11) is 0. The SMILES string of the molecule is C=Cc1cc(F)c(C#Cc2ccc(F)cc2)c(F)c1. The highest BCUT2D eigenvalue weighted by Crippen LogP contribution is 2.15. The van der Waals surface area contributed by atoms with Crippen LogP contribution in [-0.2, 0) is 0 Å². The molecule has 19 heavy (non-hydrogen) atoms. The van der Waals surface area contributed by atoms with Gasteiger partial charge in [0.1, 0.15) is 17.5 Å². The van der Waals surface area contributed by atoms with Crippen molar-refractivity contribution in [3.8, 4) is 11.8 Å². The highest BCUT2D eigenvalue weighted by Gasteiger charge is 2.07. The first-order valence-electron chi connectivity index (χ1n) is 5.49. The molecule has 0 spiro atoms. The van der Waals surface area contributed by atoms with Crippen molar-refractivity contribution in [2.24, 2.45) is 0 Å². The van der Waals surface area contributed by atoms with Crippen molar-refractivity contribution in [1.29, 1.82) is 0 Å². The van der Waals surface area contributed by atoms with Gasteiger partial charge in [-0.25, -0.2) is 13.2 Å². The van der Waals surface area contributed by atoms with Gasteiger partial charge in [0.05, 0.1) is 5.56 Å². The second kappa shape index (κ2) is 5.45. The van der Waals surface area contributed by atoms with E-state index in [0.717, 1.165) is 12.1 Å². The largest absolute Gasteiger partial charge is 0.207 e. The van der Waals surface area contributed by atoms with Crippen LogP contribution >= 0.6 is 0 Å². The van der Waals surface area contributed by atoms with Gasteiger partial charge < -0.3 is 0 Å². The molecule has 3 heteroatoms. The molecule has 0 bridgehead atoms. The molecule has 0 aliphatic carbocycles. The van der Waals surface area contributed by atoms with Gasteiger partial charge in [-0.3, -0.25) is 0 Å². The molecule has 0 amide bonds. The lowest BCUT2D eigenvalue weighted by atomic mass is 10.1. The lowest BCUT2D eigenvalue weighted by Gasteiger charge is -1.99. The van der Waals surface area contributed by atoms with Gasteiger partial charge in [0, 0.05) is 5.56 Å². The average Bonchev–Trinajstić information content (AvgIpc) is 2.39. The number of halogens is 3. The molecule has 0 heterocycles. The molecule has 0 atom stereocenters. The van der Waals surface area contributed by atoms with E-state index in [4.69, 9.17) is 0 Å². The van der Waals surface area contributed by atoms with Crippen LogP contribution < -0.4 is 0 Å².